The number of nitrogens with two attached hydrogens (primary N) is 1. The maximum Gasteiger partial charge on any atom is 0.405 e. The fraction of sp³-hybridized carbons (Fsp3) is 0.222. The molecular weight excluding hydrogens is 289 g/mol. The van der Waals surface area contributed by atoms with Gasteiger partial charge in [0.15, 0.2) is 0 Å². The van der Waals surface area contributed by atoms with Crippen LogP contribution in [0.5, 0.6) is 0 Å². The van der Waals surface area contributed by atoms with Gasteiger partial charge in [-0.15, -0.1) is 0 Å². The molecule has 1 aromatic carbocycles. The van der Waals surface area contributed by atoms with Crippen LogP contribution in [-0.2, 0) is 0 Å². The smallest absolute Gasteiger partial charge is 0.399 e. The van der Waals surface area contributed by atoms with E-state index in [4.69, 9.17) is 5.73 Å². The highest BCUT2D eigenvalue weighted by atomic mass is 79.9. The Labute approximate surface area is 97.9 Å². The molecule has 88 valence electrons. The molecule has 0 bridgehead atoms. The number of anilines is 1. The van der Waals surface area contributed by atoms with Gasteiger partial charge in [0.1, 0.15) is 6.54 Å². The lowest BCUT2D eigenvalue weighted by Crippen LogP contribution is -2.33. The van der Waals surface area contributed by atoms with Crippen molar-refractivity contribution in [3.63, 3.8) is 0 Å². The zero-order valence-electron chi connectivity index (χ0n) is 7.94. The molecule has 0 spiro atoms. The molecule has 0 fully saturated rings. The number of hydrogen-bond donors (Lipinski definition) is 2. The summed E-state index contributed by atoms with van der Waals surface area (Å²) >= 11 is 3.09. The van der Waals surface area contributed by atoms with Crippen molar-refractivity contribution in [2.75, 3.05) is 12.3 Å². The number of carbonyl (C=O) groups excluding carboxylic acids is 1. The summed E-state index contributed by atoms with van der Waals surface area (Å²) in [6.07, 6.45) is -4.42. The minimum Gasteiger partial charge on any atom is -0.399 e. The number of nitrogens with one attached hydrogen (secondary N) is 1. The first-order valence-corrected chi connectivity index (χ1v) is 4.98. The van der Waals surface area contributed by atoms with Crippen molar-refractivity contribution in [2.24, 2.45) is 0 Å². The van der Waals surface area contributed by atoms with Gasteiger partial charge in [0.05, 0.1) is 0 Å². The van der Waals surface area contributed by atoms with Crippen molar-refractivity contribution in [1.29, 1.82) is 0 Å². The lowest BCUT2D eigenvalue weighted by Gasteiger charge is -2.08. The fourth-order valence-corrected chi connectivity index (χ4v) is 1.54. The molecule has 0 aromatic heterocycles. The second-order valence-electron chi connectivity index (χ2n) is 3.07. The van der Waals surface area contributed by atoms with Gasteiger partial charge >= 0.3 is 6.18 Å². The molecule has 0 radical (unpaired) electrons. The predicted molar refractivity (Wildman–Crippen MR) is 56.9 cm³/mol. The van der Waals surface area contributed by atoms with Crippen LogP contribution in [0, 0.1) is 0 Å². The molecule has 16 heavy (non-hydrogen) atoms. The molecule has 1 amide bonds. The fourth-order valence-electron chi connectivity index (χ4n) is 1.03. The Bertz CT molecular complexity index is 386. The summed E-state index contributed by atoms with van der Waals surface area (Å²) < 4.78 is 36.1. The summed E-state index contributed by atoms with van der Waals surface area (Å²) in [5, 5.41) is 1.75. The van der Waals surface area contributed by atoms with Gasteiger partial charge < -0.3 is 11.1 Å². The molecular formula is C9H8BrF3N2O. The minimum absolute atomic E-state index is 0.0797. The van der Waals surface area contributed by atoms with Gasteiger partial charge in [-0.25, -0.2) is 0 Å². The van der Waals surface area contributed by atoms with Crippen LogP contribution in [-0.4, -0.2) is 18.6 Å². The maximum absolute atomic E-state index is 11.8. The van der Waals surface area contributed by atoms with Crippen LogP contribution in [0.3, 0.4) is 0 Å². The molecule has 0 aliphatic heterocycles. The van der Waals surface area contributed by atoms with E-state index in [0.29, 0.717) is 10.2 Å². The van der Waals surface area contributed by atoms with Crippen LogP contribution in [0.25, 0.3) is 0 Å². The zero-order valence-corrected chi connectivity index (χ0v) is 9.52. The minimum atomic E-state index is -4.42. The van der Waals surface area contributed by atoms with Crippen LogP contribution < -0.4 is 11.1 Å². The van der Waals surface area contributed by atoms with Crippen molar-refractivity contribution in [2.45, 2.75) is 6.18 Å². The number of alkyl halides is 3. The van der Waals surface area contributed by atoms with Crippen molar-refractivity contribution >= 4 is 27.5 Å². The van der Waals surface area contributed by atoms with Crippen molar-refractivity contribution in [3.8, 4) is 0 Å². The van der Waals surface area contributed by atoms with E-state index in [1.54, 1.807) is 11.4 Å². The van der Waals surface area contributed by atoms with Crippen molar-refractivity contribution < 1.29 is 18.0 Å². The first-order chi connectivity index (χ1) is 7.28. The summed E-state index contributed by atoms with van der Waals surface area (Å²) in [6.45, 7) is -1.36. The summed E-state index contributed by atoms with van der Waals surface area (Å²) in [5.41, 5.74) is 5.82. The Morgan fingerprint density at radius 3 is 2.50 bits per heavy atom. The molecule has 1 aromatic rings. The van der Waals surface area contributed by atoms with Gasteiger partial charge in [0.25, 0.3) is 5.91 Å². The van der Waals surface area contributed by atoms with E-state index in [0.717, 1.165) is 0 Å². The average molecular weight is 297 g/mol. The van der Waals surface area contributed by atoms with Crippen LogP contribution in [0.4, 0.5) is 18.9 Å². The van der Waals surface area contributed by atoms with Gasteiger partial charge in [-0.3, -0.25) is 4.79 Å². The number of halogens is 4. The number of benzene rings is 1. The van der Waals surface area contributed by atoms with Gasteiger partial charge in [0, 0.05) is 15.7 Å². The normalized spacial score (nSPS) is 11.2. The average Bonchev–Trinajstić information content (AvgIpc) is 2.11. The molecule has 0 saturated heterocycles. The number of hydrogen-bond acceptors (Lipinski definition) is 2. The van der Waals surface area contributed by atoms with Crippen LogP contribution in [0.1, 0.15) is 10.4 Å². The first kappa shape index (κ1) is 12.8. The summed E-state index contributed by atoms with van der Waals surface area (Å²) in [4.78, 5) is 11.3. The molecule has 3 N–H and O–H groups in total. The Morgan fingerprint density at radius 2 is 2.00 bits per heavy atom. The largest absolute Gasteiger partial charge is 0.405 e. The molecule has 7 heteroatoms. The van der Waals surface area contributed by atoms with E-state index < -0.39 is 18.6 Å². The van der Waals surface area contributed by atoms with Gasteiger partial charge in [-0.05, 0) is 18.2 Å². The highest BCUT2D eigenvalue weighted by molar-refractivity contribution is 9.10. The number of rotatable bonds is 2. The SMILES string of the molecule is Nc1cc(Br)cc(C(=O)NCC(F)(F)F)c1. The first-order valence-electron chi connectivity index (χ1n) is 4.19. The van der Waals surface area contributed by atoms with Crippen LogP contribution in [0.15, 0.2) is 22.7 Å². The molecule has 0 heterocycles. The molecule has 0 aliphatic rings. The van der Waals surface area contributed by atoms with E-state index in [2.05, 4.69) is 15.9 Å². The highest BCUT2D eigenvalue weighted by Gasteiger charge is 2.27. The third-order valence-electron chi connectivity index (χ3n) is 1.63. The van der Waals surface area contributed by atoms with Crippen LogP contribution >= 0.6 is 15.9 Å². The van der Waals surface area contributed by atoms with Crippen LogP contribution in [0.2, 0.25) is 0 Å². The van der Waals surface area contributed by atoms with Crippen molar-refractivity contribution in [1.82, 2.24) is 5.32 Å². The highest BCUT2D eigenvalue weighted by Crippen LogP contribution is 2.18. The van der Waals surface area contributed by atoms with Gasteiger partial charge in [-0.1, -0.05) is 15.9 Å². The zero-order chi connectivity index (χ0) is 12.3. The summed E-state index contributed by atoms with van der Waals surface area (Å²) in [5.74, 6) is -0.815. The standard InChI is InChI=1S/C9H8BrF3N2O/c10-6-1-5(2-7(14)3-6)8(16)15-4-9(11,12)13/h1-3H,4,14H2,(H,15,16). The van der Waals surface area contributed by atoms with E-state index >= 15 is 0 Å². The van der Waals surface area contributed by atoms with Gasteiger partial charge in [0.2, 0.25) is 0 Å². The Balaban J connectivity index is 2.73. The third kappa shape index (κ3) is 4.09. The second kappa shape index (κ2) is 4.73. The Kier molecular flexibility index (Phi) is 3.79. The monoisotopic (exact) mass is 296 g/mol. The summed E-state index contributed by atoms with van der Waals surface area (Å²) in [6, 6.07) is 4.24. The number of nitrogen functional groups attached to an aromatic ring is 1. The Hall–Kier alpha value is -1.24. The molecule has 1 rings (SSSR count). The number of carbonyl (C=O) groups is 1. The molecule has 3 nitrogen and oxygen atoms in total. The second-order valence-corrected chi connectivity index (χ2v) is 3.99. The molecule has 0 aliphatic carbocycles. The van der Waals surface area contributed by atoms with E-state index in [9.17, 15) is 18.0 Å². The van der Waals surface area contributed by atoms with E-state index in [1.807, 2.05) is 0 Å². The van der Waals surface area contributed by atoms with E-state index in [-0.39, 0.29) is 5.56 Å². The molecule has 0 atom stereocenters. The quantitative estimate of drug-likeness (QED) is 0.823. The predicted octanol–water partition coefficient (Wildman–Crippen LogP) is 2.32. The van der Waals surface area contributed by atoms with Crippen molar-refractivity contribution in [3.05, 3.63) is 28.2 Å². The molecule has 0 unspecified atom stereocenters. The summed E-state index contributed by atoms with van der Waals surface area (Å²) in [7, 11) is 0. The van der Waals surface area contributed by atoms with Gasteiger partial charge in [-0.2, -0.15) is 13.2 Å². The molecule has 0 saturated carbocycles. The lowest BCUT2D eigenvalue weighted by atomic mass is 10.2. The maximum atomic E-state index is 11.8. The number of amides is 1. The lowest BCUT2D eigenvalue weighted by molar-refractivity contribution is -0.123. The topological polar surface area (TPSA) is 55.1 Å². The Morgan fingerprint density at radius 1 is 1.38 bits per heavy atom. The third-order valence-corrected chi connectivity index (χ3v) is 2.09. The van der Waals surface area contributed by atoms with E-state index in [1.165, 1.54) is 12.1 Å².